The highest BCUT2D eigenvalue weighted by Crippen LogP contribution is 2.43. The van der Waals surface area contributed by atoms with E-state index in [-0.39, 0.29) is 36.2 Å². The summed E-state index contributed by atoms with van der Waals surface area (Å²) in [5.74, 6) is 0.203. The minimum absolute atomic E-state index is 0.00622. The summed E-state index contributed by atoms with van der Waals surface area (Å²) in [6.45, 7) is 6.87. The van der Waals surface area contributed by atoms with Crippen molar-refractivity contribution in [1.82, 2.24) is 35.1 Å². The summed E-state index contributed by atoms with van der Waals surface area (Å²) < 4.78 is 22.3. The van der Waals surface area contributed by atoms with E-state index >= 15 is 0 Å². The van der Waals surface area contributed by atoms with Crippen molar-refractivity contribution in [3.63, 3.8) is 0 Å². The first-order valence-electron chi connectivity index (χ1n) is 20.0. The lowest BCUT2D eigenvalue weighted by Crippen LogP contribution is -2.52. The van der Waals surface area contributed by atoms with Gasteiger partial charge in [-0.05, 0) is 59.8 Å². The Morgan fingerprint density at radius 2 is 1.37 bits per heavy atom. The Bertz CT molecular complexity index is 2030. The molecule has 1 spiro atoms. The van der Waals surface area contributed by atoms with Crippen molar-refractivity contribution in [2.75, 3.05) is 46.6 Å². The normalized spacial score (nSPS) is 22.0. The van der Waals surface area contributed by atoms with Gasteiger partial charge >= 0.3 is 6.09 Å². The van der Waals surface area contributed by atoms with Crippen LogP contribution in [0.4, 0.5) is 4.79 Å². The molecule has 0 aliphatic carbocycles. The number of methoxy groups -OCH3 is 1. The standard InChI is InChI=1S/C42H52N8O7/c1-25(2)36(48-41(53)54-3)40(52)50-24-42(56-19-20-57-42)21-34(50)38-45-23-32(47-38)29-12-8-27(9-13-29)26-6-10-28(11-7-26)31-22-44-37(46-31)33-5-4-16-49(33)39(51)35(43)30-14-17-55-18-15-30/h6-13,22-23,25,30,33-36H,4-5,14-21,24,43H2,1-3H3,(H,44,46)(H,45,47)(H,48,53)/t33?,34-,35-,36-/m0/s1. The zero-order chi connectivity index (χ0) is 39.7. The first-order chi connectivity index (χ1) is 27.6. The molecule has 15 heteroatoms. The maximum Gasteiger partial charge on any atom is 0.407 e. The van der Waals surface area contributed by atoms with Crippen LogP contribution < -0.4 is 11.1 Å². The average molecular weight is 781 g/mol. The molecule has 1 unspecified atom stereocenters. The van der Waals surface area contributed by atoms with Crippen LogP contribution in [-0.4, -0.2) is 112 Å². The Hall–Kier alpha value is -5.09. The van der Waals surface area contributed by atoms with Crippen molar-refractivity contribution < 1.29 is 33.3 Å². The summed E-state index contributed by atoms with van der Waals surface area (Å²) in [5, 5.41) is 2.70. The van der Waals surface area contributed by atoms with Gasteiger partial charge in [0.15, 0.2) is 5.79 Å². The van der Waals surface area contributed by atoms with Gasteiger partial charge in [0.05, 0.1) is 68.8 Å². The van der Waals surface area contributed by atoms with E-state index in [0.29, 0.717) is 45.2 Å². The van der Waals surface area contributed by atoms with Crippen molar-refractivity contribution in [3.05, 3.63) is 72.6 Å². The van der Waals surface area contributed by atoms with E-state index in [0.717, 1.165) is 65.1 Å². The molecular weight excluding hydrogens is 729 g/mol. The van der Waals surface area contributed by atoms with E-state index in [9.17, 15) is 14.4 Å². The molecule has 5 N–H and O–H groups in total. The second-order valence-electron chi connectivity index (χ2n) is 15.8. The number of hydrogen-bond acceptors (Lipinski definition) is 10. The lowest BCUT2D eigenvalue weighted by molar-refractivity contribution is -0.153. The van der Waals surface area contributed by atoms with Crippen LogP contribution in [0.1, 0.15) is 69.7 Å². The number of amides is 3. The summed E-state index contributed by atoms with van der Waals surface area (Å²) in [6.07, 6.45) is 6.77. The lowest BCUT2D eigenvalue weighted by atomic mass is 9.91. The molecule has 4 saturated heterocycles. The van der Waals surface area contributed by atoms with Gasteiger partial charge in [-0.15, -0.1) is 0 Å². The number of carbonyl (C=O) groups is 3. The monoisotopic (exact) mass is 780 g/mol. The van der Waals surface area contributed by atoms with Crippen LogP contribution in [0.15, 0.2) is 60.9 Å². The molecule has 57 heavy (non-hydrogen) atoms. The van der Waals surface area contributed by atoms with Crippen LogP contribution in [0.2, 0.25) is 0 Å². The van der Waals surface area contributed by atoms with Crippen LogP contribution in [-0.2, 0) is 28.5 Å². The molecule has 0 radical (unpaired) electrons. The number of nitrogens with one attached hydrogen (secondary N) is 3. The second kappa shape index (κ2) is 16.4. The molecule has 8 rings (SSSR count). The molecule has 4 atom stereocenters. The predicted octanol–water partition coefficient (Wildman–Crippen LogP) is 4.95. The summed E-state index contributed by atoms with van der Waals surface area (Å²) in [6, 6.07) is 14.7. The third-order valence-electron chi connectivity index (χ3n) is 11.9. The number of alkyl carbamates (subject to hydrolysis) is 1. The summed E-state index contributed by atoms with van der Waals surface area (Å²) in [4.78, 5) is 59.5. The number of carbonyl (C=O) groups excluding carboxylic acids is 3. The van der Waals surface area contributed by atoms with Gasteiger partial charge in [0, 0.05) is 26.2 Å². The quantitative estimate of drug-likeness (QED) is 0.171. The zero-order valence-electron chi connectivity index (χ0n) is 32.7. The first kappa shape index (κ1) is 38.8. The van der Waals surface area contributed by atoms with Crippen molar-refractivity contribution in [3.8, 4) is 33.6 Å². The van der Waals surface area contributed by atoms with Crippen LogP contribution in [0.25, 0.3) is 33.6 Å². The Kier molecular flexibility index (Phi) is 11.2. The Morgan fingerprint density at radius 3 is 1.93 bits per heavy atom. The molecule has 15 nitrogen and oxygen atoms in total. The number of imidazole rings is 2. The summed E-state index contributed by atoms with van der Waals surface area (Å²) in [5.41, 5.74) is 12.3. The molecule has 2 aromatic carbocycles. The number of nitrogens with zero attached hydrogens (tertiary/aromatic N) is 4. The molecule has 4 aromatic rings. The van der Waals surface area contributed by atoms with Crippen LogP contribution in [0, 0.1) is 11.8 Å². The van der Waals surface area contributed by atoms with Crippen molar-refractivity contribution in [1.29, 1.82) is 0 Å². The van der Waals surface area contributed by atoms with Gasteiger partial charge in [-0.2, -0.15) is 0 Å². The highest BCUT2D eigenvalue weighted by Gasteiger charge is 2.53. The van der Waals surface area contributed by atoms with Crippen molar-refractivity contribution in [2.45, 2.75) is 75.9 Å². The number of rotatable bonds is 10. The topological polar surface area (TPSA) is 190 Å². The SMILES string of the molecule is COC(=O)N[C@H](C(=O)N1CC2(C[C@H]1c1ncc(-c3ccc(-c4ccc(-c5cnc(C6CCCN6C(=O)[C@@H](N)C6CCOCC6)[nH]5)cc4)cc3)[nH]1)OCCO2)C(C)C. The van der Waals surface area contributed by atoms with Gasteiger partial charge in [0.2, 0.25) is 11.8 Å². The van der Waals surface area contributed by atoms with Gasteiger partial charge < -0.3 is 49.8 Å². The summed E-state index contributed by atoms with van der Waals surface area (Å²) in [7, 11) is 1.28. The zero-order valence-corrected chi connectivity index (χ0v) is 32.7. The molecular formula is C42H52N8O7. The third-order valence-corrected chi connectivity index (χ3v) is 11.9. The highest BCUT2D eigenvalue weighted by molar-refractivity contribution is 5.86. The largest absolute Gasteiger partial charge is 0.453 e. The molecule has 2 aromatic heterocycles. The smallest absolute Gasteiger partial charge is 0.407 e. The van der Waals surface area contributed by atoms with Crippen molar-refractivity contribution >= 4 is 17.9 Å². The average Bonchev–Trinajstić information content (AvgIpc) is 4.10. The van der Waals surface area contributed by atoms with Gasteiger partial charge in [-0.25, -0.2) is 14.8 Å². The Labute approximate surface area is 332 Å². The fraction of sp³-hybridized carbons (Fsp3) is 0.500. The maximum atomic E-state index is 13.9. The third kappa shape index (κ3) is 7.93. The van der Waals surface area contributed by atoms with Gasteiger partial charge in [0.1, 0.15) is 17.7 Å². The number of nitrogens with two attached hydrogens (primary N) is 1. The minimum atomic E-state index is -0.923. The Morgan fingerprint density at radius 1 is 0.807 bits per heavy atom. The van der Waals surface area contributed by atoms with Crippen LogP contribution in [0.5, 0.6) is 0 Å². The molecule has 0 bridgehead atoms. The number of ether oxygens (including phenoxy) is 4. The van der Waals surface area contributed by atoms with Crippen molar-refractivity contribution in [2.24, 2.45) is 17.6 Å². The van der Waals surface area contributed by atoms with Gasteiger partial charge in [-0.1, -0.05) is 62.4 Å². The fourth-order valence-corrected chi connectivity index (χ4v) is 8.67. The van der Waals surface area contributed by atoms with E-state index in [1.54, 1.807) is 11.1 Å². The van der Waals surface area contributed by atoms with E-state index in [1.807, 2.05) is 37.1 Å². The number of aromatic amines is 2. The number of hydrogen-bond donors (Lipinski definition) is 4. The molecule has 4 aliphatic heterocycles. The maximum absolute atomic E-state index is 13.9. The first-order valence-corrected chi connectivity index (χ1v) is 20.0. The number of likely N-dealkylation sites (tertiary alicyclic amines) is 2. The fourth-order valence-electron chi connectivity index (χ4n) is 8.67. The predicted molar refractivity (Wildman–Crippen MR) is 210 cm³/mol. The van der Waals surface area contributed by atoms with E-state index in [4.69, 9.17) is 34.6 Å². The Balaban J connectivity index is 0.937. The molecule has 3 amide bonds. The van der Waals surface area contributed by atoms with E-state index < -0.39 is 30.0 Å². The summed E-state index contributed by atoms with van der Waals surface area (Å²) >= 11 is 0. The van der Waals surface area contributed by atoms with E-state index in [2.05, 4.69) is 51.7 Å². The lowest BCUT2D eigenvalue weighted by Gasteiger charge is -2.32. The second-order valence-corrected chi connectivity index (χ2v) is 15.8. The molecule has 302 valence electrons. The number of benzene rings is 2. The number of aromatic nitrogens is 4. The molecule has 0 saturated carbocycles. The van der Waals surface area contributed by atoms with E-state index in [1.165, 1.54) is 7.11 Å². The molecule has 4 aliphatic rings. The molecule has 6 heterocycles. The van der Waals surface area contributed by atoms with Crippen LogP contribution in [0.3, 0.4) is 0 Å². The molecule has 4 fully saturated rings. The van der Waals surface area contributed by atoms with Gasteiger partial charge in [-0.3, -0.25) is 9.59 Å². The van der Waals surface area contributed by atoms with Crippen LogP contribution >= 0.6 is 0 Å². The minimum Gasteiger partial charge on any atom is -0.453 e. The van der Waals surface area contributed by atoms with Gasteiger partial charge in [0.25, 0.3) is 0 Å². The highest BCUT2D eigenvalue weighted by atomic mass is 16.7. The number of H-pyrrole nitrogens is 2.